The van der Waals surface area contributed by atoms with Gasteiger partial charge in [0.2, 0.25) is 0 Å². The van der Waals surface area contributed by atoms with Gasteiger partial charge >= 0.3 is 0 Å². The van der Waals surface area contributed by atoms with E-state index in [9.17, 15) is 14.9 Å². The molecule has 0 aromatic heterocycles. The molecule has 4 bridgehead atoms. The van der Waals surface area contributed by atoms with E-state index in [1.165, 1.54) is 56.7 Å². The highest BCUT2D eigenvalue weighted by atomic mass is 35.5. The maximum absolute atomic E-state index is 12.3. The van der Waals surface area contributed by atoms with E-state index in [4.69, 9.17) is 11.6 Å². The first kappa shape index (κ1) is 18.7. The summed E-state index contributed by atoms with van der Waals surface area (Å²) >= 11 is 6.02. The SMILES string of the molecule is O=C(NCCCNC12CC3CC(CC(C3)C1)C2)c1cc([N+](=O)[O-])ccc1Cl. The lowest BCUT2D eigenvalue weighted by molar-refractivity contribution is -0.384. The standard InChI is InChI=1S/C20H26ClN3O3/c21-18-3-2-16(24(26)27)9-17(18)19(25)22-4-1-5-23-20-10-13-6-14(11-20)8-15(7-13)12-20/h2-3,9,13-15,23H,1,4-8,10-12H2,(H,22,25). The number of nitro groups is 1. The van der Waals surface area contributed by atoms with Gasteiger partial charge in [0, 0.05) is 24.2 Å². The summed E-state index contributed by atoms with van der Waals surface area (Å²) in [7, 11) is 0. The van der Waals surface area contributed by atoms with E-state index >= 15 is 0 Å². The number of carbonyl (C=O) groups excluding carboxylic acids is 1. The Morgan fingerprint density at radius 3 is 2.37 bits per heavy atom. The maximum atomic E-state index is 12.3. The second kappa shape index (κ2) is 7.40. The molecule has 4 aliphatic rings. The number of hydrogen-bond acceptors (Lipinski definition) is 4. The number of non-ortho nitro benzene ring substituents is 1. The molecular formula is C20H26ClN3O3. The van der Waals surface area contributed by atoms with Crippen molar-refractivity contribution in [3.63, 3.8) is 0 Å². The van der Waals surface area contributed by atoms with Crippen LogP contribution >= 0.6 is 11.6 Å². The van der Waals surface area contributed by atoms with E-state index in [-0.39, 0.29) is 22.2 Å². The molecule has 2 N–H and O–H groups in total. The Kier molecular flexibility index (Phi) is 5.12. The van der Waals surface area contributed by atoms with Gasteiger partial charge in [0.25, 0.3) is 11.6 Å². The van der Waals surface area contributed by atoms with Crippen molar-refractivity contribution >= 4 is 23.2 Å². The summed E-state index contributed by atoms with van der Waals surface area (Å²) in [5.74, 6) is 2.39. The molecular weight excluding hydrogens is 366 g/mol. The molecule has 1 aromatic carbocycles. The molecule has 0 radical (unpaired) electrons. The lowest BCUT2D eigenvalue weighted by Gasteiger charge is -2.57. The van der Waals surface area contributed by atoms with E-state index in [1.54, 1.807) is 0 Å². The topological polar surface area (TPSA) is 84.3 Å². The van der Waals surface area contributed by atoms with Crippen LogP contribution in [0.2, 0.25) is 5.02 Å². The molecule has 0 saturated heterocycles. The smallest absolute Gasteiger partial charge is 0.270 e. The summed E-state index contributed by atoms with van der Waals surface area (Å²) in [4.78, 5) is 22.6. The first-order valence-corrected chi connectivity index (χ1v) is 10.3. The van der Waals surface area contributed by atoms with Crippen LogP contribution < -0.4 is 10.6 Å². The van der Waals surface area contributed by atoms with Gasteiger partial charge in [-0.15, -0.1) is 0 Å². The lowest BCUT2D eigenvalue weighted by Crippen LogP contribution is -2.58. The van der Waals surface area contributed by atoms with Gasteiger partial charge in [0.1, 0.15) is 0 Å². The molecule has 27 heavy (non-hydrogen) atoms. The molecule has 1 aromatic rings. The van der Waals surface area contributed by atoms with Crippen LogP contribution in [0.1, 0.15) is 55.3 Å². The molecule has 1 amide bonds. The van der Waals surface area contributed by atoms with Gasteiger partial charge in [0.05, 0.1) is 15.5 Å². The van der Waals surface area contributed by atoms with Crippen LogP contribution in [0, 0.1) is 27.9 Å². The highest BCUT2D eigenvalue weighted by molar-refractivity contribution is 6.33. The molecule has 0 aliphatic heterocycles. The Balaban J connectivity index is 1.24. The molecule has 6 nitrogen and oxygen atoms in total. The van der Waals surface area contributed by atoms with Crippen LogP contribution in [0.5, 0.6) is 0 Å². The van der Waals surface area contributed by atoms with Crippen LogP contribution in [0.3, 0.4) is 0 Å². The van der Waals surface area contributed by atoms with E-state index in [1.807, 2.05) is 0 Å². The fourth-order valence-corrected chi connectivity index (χ4v) is 6.07. The van der Waals surface area contributed by atoms with E-state index < -0.39 is 4.92 Å². The molecule has 0 unspecified atom stereocenters. The zero-order chi connectivity index (χ0) is 19.0. The largest absolute Gasteiger partial charge is 0.352 e. The minimum atomic E-state index is -0.525. The molecule has 0 atom stereocenters. The molecule has 7 heteroatoms. The first-order valence-electron chi connectivity index (χ1n) is 9.91. The third-order valence-electron chi connectivity index (χ3n) is 6.58. The second-order valence-electron chi connectivity index (χ2n) is 8.66. The number of hydrogen-bond donors (Lipinski definition) is 2. The number of nitro benzene ring substituents is 1. The molecule has 0 spiro atoms. The predicted molar refractivity (Wildman–Crippen MR) is 104 cm³/mol. The van der Waals surface area contributed by atoms with Gasteiger partial charge in [-0.3, -0.25) is 14.9 Å². The monoisotopic (exact) mass is 391 g/mol. The number of rotatable bonds is 7. The van der Waals surface area contributed by atoms with Crippen LogP contribution in [-0.4, -0.2) is 29.5 Å². The average Bonchev–Trinajstić information content (AvgIpc) is 2.60. The second-order valence-corrected chi connectivity index (χ2v) is 9.06. The van der Waals surface area contributed by atoms with Crippen molar-refractivity contribution in [1.29, 1.82) is 0 Å². The number of halogens is 1. The summed E-state index contributed by atoms with van der Waals surface area (Å²) in [6.07, 6.45) is 9.07. The fourth-order valence-electron chi connectivity index (χ4n) is 5.87. The number of benzene rings is 1. The van der Waals surface area contributed by atoms with Gasteiger partial charge in [0.15, 0.2) is 0 Å². The van der Waals surface area contributed by atoms with Crippen molar-refractivity contribution in [2.45, 2.75) is 50.5 Å². The zero-order valence-electron chi connectivity index (χ0n) is 15.4. The Morgan fingerprint density at radius 2 is 1.78 bits per heavy atom. The Hall–Kier alpha value is -1.66. The summed E-state index contributed by atoms with van der Waals surface area (Å²) < 4.78 is 0. The lowest BCUT2D eigenvalue weighted by atomic mass is 9.53. The minimum absolute atomic E-state index is 0.131. The zero-order valence-corrected chi connectivity index (χ0v) is 16.1. The van der Waals surface area contributed by atoms with E-state index in [0.29, 0.717) is 12.1 Å². The van der Waals surface area contributed by atoms with Gasteiger partial charge in [-0.2, -0.15) is 0 Å². The number of amides is 1. The van der Waals surface area contributed by atoms with Gasteiger partial charge in [-0.1, -0.05) is 11.6 Å². The Morgan fingerprint density at radius 1 is 1.15 bits per heavy atom. The first-order chi connectivity index (χ1) is 12.9. The van der Waals surface area contributed by atoms with Crippen molar-refractivity contribution in [3.8, 4) is 0 Å². The van der Waals surface area contributed by atoms with Gasteiger partial charge < -0.3 is 10.6 Å². The average molecular weight is 392 g/mol. The van der Waals surface area contributed by atoms with Crippen molar-refractivity contribution < 1.29 is 9.72 Å². The van der Waals surface area contributed by atoms with Crippen molar-refractivity contribution in [2.75, 3.05) is 13.1 Å². The normalized spacial score (nSPS) is 31.1. The van der Waals surface area contributed by atoms with Crippen molar-refractivity contribution in [1.82, 2.24) is 10.6 Å². The quantitative estimate of drug-likeness (QED) is 0.419. The number of nitrogens with zero attached hydrogens (tertiary/aromatic N) is 1. The van der Waals surface area contributed by atoms with Crippen LogP contribution in [0.15, 0.2) is 18.2 Å². The summed E-state index contributed by atoms with van der Waals surface area (Å²) in [5.41, 5.74) is 0.357. The third-order valence-corrected chi connectivity index (χ3v) is 6.91. The minimum Gasteiger partial charge on any atom is -0.352 e. The number of carbonyl (C=O) groups is 1. The highest BCUT2D eigenvalue weighted by Gasteiger charge is 2.50. The van der Waals surface area contributed by atoms with Gasteiger partial charge in [-0.05, 0) is 75.3 Å². The Bertz CT molecular complexity index is 717. The maximum Gasteiger partial charge on any atom is 0.270 e. The predicted octanol–water partition coefficient (Wildman–Crippen LogP) is 3.93. The summed E-state index contributed by atoms with van der Waals surface area (Å²) in [6, 6.07) is 3.92. The van der Waals surface area contributed by atoms with Crippen molar-refractivity contribution in [3.05, 3.63) is 38.9 Å². The third kappa shape index (κ3) is 3.97. The molecule has 146 valence electrons. The van der Waals surface area contributed by atoms with E-state index in [0.717, 1.165) is 30.7 Å². The fraction of sp³-hybridized carbons (Fsp3) is 0.650. The molecule has 4 fully saturated rings. The molecule has 0 heterocycles. The molecule has 4 saturated carbocycles. The van der Waals surface area contributed by atoms with E-state index in [2.05, 4.69) is 10.6 Å². The molecule has 4 aliphatic carbocycles. The summed E-state index contributed by atoms with van der Waals surface area (Å²) in [5, 5.41) is 17.7. The summed E-state index contributed by atoms with van der Waals surface area (Å²) in [6.45, 7) is 1.41. The number of nitrogens with one attached hydrogen (secondary N) is 2. The Labute approximate surface area is 164 Å². The molecule has 5 rings (SSSR count). The highest BCUT2D eigenvalue weighted by Crippen LogP contribution is 2.55. The van der Waals surface area contributed by atoms with Gasteiger partial charge in [-0.25, -0.2) is 0 Å². The van der Waals surface area contributed by atoms with Crippen molar-refractivity contribution in [2.24, 2.45) is 17.8 Å². The van der Waals surface area contributed by atoms with Crippen LogP contribution in [0.4, 0.5) is 5.69 Å². The van der Waals surface area contributed by atoms with Crippen LogP contribution in [0.25, 0.3) is 0 Å². The van der Waals surface area contributed by atoms with Crippen LogP contribution in [-0.2, 0) is 0 Å².